The number of allylic oxidation sites excluding steroid dienone is 1. The number of hydrogen-bond acceptors (Lipinski definition) is 3. The van der Waals surface area contributed by atoms with Gasteiger partial charge in [-0.2, -0.15) is 0 Å². The van der Waals surface area contributed by atoms with Gasteiger partial charge < -0.3 is 14.8 Å². The summed E-state index contributed by atoms with van der Waals surface area (Å²) in [6, 6.07) is 12.2. The van der Waals surface area contributed by atoms with Crippen LogP contribution in [0.2, 0.25) is 5.02 Å². The van der Waals surface area contributed by atoms with E-state index in [1.807, 2.05) is 24.3 Å². The monoisotopic (exact) mass is 399 g/mol. The highest BCUT2D eigenvalue weighted by molar-refractivity contribution is 6.32. The Morgan fingerprint density at radius 3 is 2.75 bits per heavy atom. The summed E-state index contributed by atoms with van der Waals surface area (Å²) >= 11 is 6.50. The molecule has 0 radical (unpaired) electrons. The lowest BCUT2D eigenvalue weighted by molar-refractivity contribution is 0.284. The minimum absolute atomic E-state index is 0.463. The zero-order chi connectivity index (χ0) is 19.8. The van der Waals surface area contributed by atoms with Crippen LogP contribution in [0.5, 0.6) is 11.5 Å². The van der Waals surface area contributed by atoms with E-state index in [-0.39, 0.29) is 0 Å². The fourth-order valence-electron chi connectivity index (χ4n) is 3.59. The second-order valence-electron chi connectivity index (χ2n) is 7.42. The maximum atomic E-state index is 6.50. The molecule has 0 aromatic heterocycles. The Morgan fingerprint density at radius 2 is 2.00 bits per heavy atom. The largest absolute Gasteiger partial charge is 0.493 e. The second-order valence-corrected chi connectivity index (χ2v) is 7.83. The molecule has 0 aliphatic heterocycles. The maximum Gasteiger partial charge on any atom is 0.180 e. The first kappa shape index (κ1) is 20.8. The van der Waals surface area contributed by atoms with Crippen molar-refractivity contribution in [2.45, 2.75) is 52.2 Å². The van der Waals surface area contributed by atoms with Crippen molar-refractivity contribution in [2.75, 3.05) is 13.7 Å². The SMILES string of the molecule is COc1cc(CNCCC2=CCCCC2)cc(Cl)c1OCc1cccc(C)c1. The van der Waals surface area contributed by atoms with Crippen molar-refractivity contribution in [3.05, 3.63) is 69.8 Å². The molecule has 28 heavy (non-hydrogen) atoms. The summed E-state index contributed by atoms with van der Waals surface area (Å²) in [6.45, 7) is 4.28. The van der Waals surface area contributed by atoms with Gasteiger partial charge in [-0.15, -0.1) is 0 Å². The van der Waals surface area contributed by atoms with Crippen LogP contribution in [0.4, 0.5) is 0 Å². The molecule has 1 aliphatic carbocycles. The fraction of sp³-hybridized carbons (Fsp3) is 0.417. The van der Waals surface area contributed by atoms with E-state index in [1.54, 1.807) is 12.7 Å². The molecule has 3 rings (SSSR count). The molecule has 2 aromatic carbocycles. The molecule has 0 saturated heterocycles. The van der Waals surface area contributed by atoms with Crippen molar-refractivity contribution in [3.63, 3.8) is 0 Å². The first-order valence-electron chi connectivity index (χ1n) is 10.1. The predicted molar refractivity (Wildman–Crippen MR) is 116 cm³/mol. The molecule has 2 aromatic rings. The number of halogens is 1. The number of hydrogen-bond donors (Lipinski definition) is 1. The van der Waals surface area contributed by atoms with Crippen molar-refractivity contribution < 1.29 is 9.47 Å². The summed E-state index contributed by atoms with van der Waals surface area (Å²) in [5.41, 5.74) is 5.02. The lowest BCUT2D eigenvalue weighted by atomic mass is 9.97. The van der Waals surface area contributed by atoms with Crippen molar-refractivity contribution >= 4 is 11.6 Å². The fourth-order valence-corrected chi connectivity index (χ4v) is 3.87. The summed E-state index contributed by atoms with van der Waals surface area (Å²) in [7, 11) is 1.65. The minimum Gasteiger partial charge on any atom is -0.493 e. The lowest BCUT2D eigenvalue weighted by Gasteiger charge is -2.15. The minimum atomic E-state index is 0.463. The molecule has 4 heteroatoms. The molecule has 0 amide bonds. The molecule has 0 saturated carbocycles. The number of aryl methyl sites for hydroxylation is 1. The van der Waals surface area contributed by atoms with Gasteiger partial charge in [0, 0.05) is 6.54 Å². The van der Waals surface area contributed by atoms with Gasteiger partial charge in [-0.05, 0) is 68.8 Å². The summed E-state index contributed by atoms with van der Waals surface area (Å²) in [6.07, 6.45) is 8.71. The highest BCUT2D eigenvalue weighted by Gasteiger charge is 2.12. The molecule has 0 fully saturated rings. The third kappa shape index (κ3) is 6.02. The number of rotatable bonds is 9. The number of nitrogens with one attached hydrogen (secondary N) is 1. The maximum absolute atomic E-state index is 6.50. The van der Waals surface area contributed by atoms with E-state index in [0.29, 0.717) is 23.1 Å². The summed E-state index contributed by atoms with van der Waals surface area (Å²) < 4.78 is 11.5. The van der Waals surface area contributed by atoms with E-state index in [0.717, 1.165) is 30.6 Å². The third-order valence-electron chi connectivity index (χ3n) is 5.09. The highest BCUT2D eigenvalue weighted by atomic mass is 35.5. The van der Waals surface area contributed by atoms with Crippen molar-refractivity contribution in [2.24, 2.45) is 0 Å². The zero-order valence-electron chi connectivity index (χ0n) is 16.9. The molecule has 0 atom stereocenters. The van der Waals surface area contributed by atoms with E-state index in [1.165, 1.54) is 31.2 Å². The molecular formula is C24H30ClNO2. The van der Waals surface area contributed by atoms with Gasteiger partial charge >= 0.3 is 0 Å². The van der Waals surface area contributed by atoms with Crippen molar-refractivity contribution in [3.8, 4) is 11.5 Å². The predicted octanol–water partition coefficient (Wildman–Crippen LogP) is 6.22. The van der Waals surface area contributed by atoms with Crippen LogP contribution in [0.1, 0.15) is 48.8 Å². The molecule has 0 bridgehead atoms. The van der Waals surface area contributed by atoms with Gasteiger partial charge in [-0.3, -0.25) is 0 Å². The summed E-state index contributed by atoms with van der Waals surface area (Å²) in [4.78, 5) is 0. The van der Waals surface area contributed by atoms with E-state index in [2.05, 4.69) is 30.4 Å². The standard InChI is InChI=1S/C24H30ClNO2/c1-18-7-6-10-20(13-18)17-28-24-22(25)14-21(15-23(24)27-2)16-26-12-11-19-8-4-3-5-9-19/h6-8,10,13-15,26H,3-5,9,11-12,16-17H2,1-2H3. The van der Waals surface area contributed by atoms with E-state index >= 15 is 0 Å². The molecule has 0 spiro atoms. The zero-order valence-corrected chi connectivity index (χ0v) is 17.6. The molecule has 3 nitrogen and oxygen atoms in total. The second kappa shape index (κ2) is 10.5. The number of methoxy groups -OCH3 is 1. The molecular weight excluding hydrogens is 370 g/mol. The van der Waals surface area contributed by atoms with Gasteiger partial charge in [-0.25, -0.2) is 0 Å². The summed E-state index contributed by atoms with van der Waals surface area (Å²) in [5, 5.41) is 4.10. The Hall–Kier alpha value is -1.97. The Balaban J connectivity index is 1.56. The van der Waals surface area contributed by atoms with Gasteiger partial charge in [0.1, 0.15) is 6.61 Å². The smallest absolute Gasteiger partial charge is 0.180 e. The quantitative estimate of drug-likeness (QED) is 0.401. The van der Waals surface area contributed by atoms with Crippen LogP contribution in [-0.2, 0) is 13.2 Å². The van der Waals surface area contributed by atoms with Gasteiger partial charge in [0.05, 0.1) is 12.1 Å². The Kier molecular flexibility index (Phi) is 7.81. The molecule has 150 valence electrons. The van der Waals surface area contributed by atoms with Crippen LogP contribution in [0.25, 0.3) is 0 Å². The van der Waals surface area contributed by atoms with Crippen LogP contribution in [0.3, 0.4) is 0 Å². The average molecular weight is 400 g/mol. The van der Waals surface area contributed by atoms with Crippen LogP contribution in [0.15, 0.2) is 48.0 Å². The van der Waals surface area contributed by atoms with Gasteiger partial charge in [-0.1, -0.05) is 53.1 Å². The third-order valence-corrected chi connectivity index (χ3v) is 5.37. The van der Waals surface area contributed by atoms with Crippen molar-refractivity contribution in [1.82, 2.24) is 5.32 Å². The highest BCUT2D eigenvalue weighted by Crippen LogP contribution is 2.37. The molecule has 1 aliphatic rings. The van der Waals surface area contributed by atoms with Crippen LogP contribution in [0, 0.1) is 6.92 Å². The average Bonchev–Trinajstić information content (AvgIpc) is 2.71. The molecule has 1 N–H and O–H groups in total. The number of ether oxygens (including phenoxy) is 2. The van der Waals surface area contributed by atoms with Crippen LogP contribution >= 0.6 is 11.6 Å². The normalized spacial score (nSPS) is 13.9. The van der Waals surface area contributed by atoms with Gasteiger partial charge in [0.2, 0.25) is 0 Å². The van der Waals surface area contributed by atoms with Crippen LogP contribution in [-0.4, -0.2) is 13.7 Å². The first-order chi connectivity index (χ1) is 13.7. The topological polar surface area (TPSA) is 30.5 Å². The van der Waals surface area contributed by atoms with Crippen LogP contribution < -0.4 is 14.8 Å². The lowest BCUT2D eigenvalue weighted by Crippen LogP contribution is -2.16. The first-order valence-corrected chi connectivity index (χ1v) is 10.5. The van der Waals surface area contributed by atoms with E-state index in [4.69, 9.17) is 21.1 Å². The molecule has 0 heterocycles. The van der Waals surface area contributed by atoms with Gasteiger partial charge in [0.15, 0.2) is 11.5 Å². The number of benzene rings is 2. The summed E-state index contributed by atoms with van der Waals surface area (Å²) in [5.74, 6) is 1.27. The van der Waals surface area contributed by atoms with Crippen molar-refractivity contribution in [1.29, 1.82) is 0 Å². The Labute approximate surface area is 173 Å². The Morgan fingerprint density at radius 1 is 1.11 bits per heavy atom. The van der Waals surface area contributed by atoms with E-state index < -0.39 is 0 Å². The molecule has 0 unspecified atom stereocenters. The Bertz CT molecular complexity index is 816. The van der Waals surface area contributed by atoms with Gasteiger partial charge in [0.25, 0.3) is 0 Å². The van der Waals surface area contributed by atoms with E-state index in [9.17, 15) is 0 Å².